The van der Waals surface area contributed by atoms with Gasteiger partial charge in [0.25, 0.3) is 0 Å². The highest BCUT2D eigenvalue weighted by Gasteiger charge is 2.27. The molecule has 0 aliphatic carbocycles. The van der Waals surface area contributed by atoms with Crippen LogP contribution in [0.25, 0.3) is 10.8 Å². The molecule has 0 saturated carbocycles. The lowest BCUT2D eigenvalue weighted by Crippen LogP contribution is -2.48. The predicted octanol–water partition coefficient (Wildman–Crippen LogP) is 2.50. The Morgan fingerprint density at radius 1 is 1.15 bits per heavy atom. The summed E-state index contributed by atoms with van der Waals surface area (Å²) < 4.78 is 28.8. The highest BCUT2D eigenvalue weighted by molar-refractivity contribution is 7.89. The van der Waals surface area contributed by atoms with Crippen molar-refractivity contribution in [2.24, 2.45) is 5.92 Å². The molecular weight excluding hydrogens is 374 g/mol. The molecule has 0 bridgehead atoms. The van der Waals surface area contributed by atoms with E-state index in [4.69, 9.17) is 0 Å². The molecule has 0 radical (unpaired) electrons. The fraction of sp³-hybridized carbons (Fsp3) is 0.389. The van der Waals surface area contributed by atoms with Crippen molar-refractivity contribution >= 4 is 44.8 Å². The van der Waals surface area contributed by atoms with Gasteiger partial charge in [-0.1, -0.05) is 31.2 Å². The summed E-state index contributed by atoms with van der Waals surface area (Å²) in [6.45, 7) is 5.08. The summed E-state index contributed by atoms with van der Waals surface area (Å²) in [4.78, 5) is 11.6. The number of hydrogen-bond acceptors (Lipinski definition) is 4. The predicted molar refractivity (Wildman–Crippen MR) is 106 cm³/mol. The van der Waals surface area contributed by atoms with Crippen LogP contribution in [0, 0.1) is 5.92 Å². The maximum Gasteiger partial charge on any atom is 0.241 e. The van der Waals surface area contributed by atoms with E-state index in [1.807, 2.05) is 19.1 Å². The Bertz CT molecular complexity index is 902. The summed E-state index contributed by atoms with van der Waals surface area (Å²) >= 11 is 0. The molecule has 2 atom stereocenters. The topological polar surface area (TPSA) is 87.3 Å². The van der Waals surface area contributed by atoms with Crippen molar-refractivity contribution in [3.8, 4) is 0 Å². The number of nitrogens with one attached hydrogen (secondary N) is 3. The minimum atomic E-state index is -3.66. The first-order valence-corrected chi connectivity index (χ1v) is 9.89. The Balaban J connectivity index is 0.00000243. The first-order valence-electron chi connectivity index (χ1n) is 8.41. The third-order valence-electron chi connectivity index (χ3n) is 4.58. The summed E-state index contributed by atoms with van der Waals surface area (Å²) in [5, 5.41) is 7.33. The van der Waals surface area contributed by atoms with Crippen LogP contribution in [0.3, 0.4) is 0 Å². The SMILES string of the molecule is CC(=O)Nc1ccc(S(=O)(=O)NC2CCNCC2C)c2ccccc12.Cl. The van der Waals surface area contributed by atoms with Crippen molar-refractivity contribution in [3.63, 3.8) is 0 Å². The molecule has 2 unspecified atom stereocenters. The zero-order valence-electron chi connectivity index (χ0n) is 14.8. The Morgan fingerprint density at radius 3 is 2.50 bits per heavy atom. The number of halogens is 1. The van der Waals surface area contributed by atoms with Gasteiger partial charge in [-0.25, -0.2) is 13.1 Å². The first kappa shape index (κ1) is 20.6. The van der Waals surface area contributed by atoms with Crippen LogP contribution >= 0.6 is 12.4 Å². The van der Waals surface area contributed by atoms with Crippen LogP contribution in [0.15, 0.2) is 41.3 Å². The average molecular weight is 398 g/mol. The van der Waals surface area contributed by atoms with E-state index in [1.54, 1.807) is 24.3 Å². The van der Waals surface area contributed by atoms with Crippen LogP contribution in [-0.4, -0.2) is 33.5 Å². The highest BCUT2D eigenvalue weighted by atomic mass is 35.5. The lowest BCUT2D eigenvalue weighted by molar-refractivity contribution is -0.114. The molecule has 6 nitrogen and oxygen atoms in total. The third kappa shape index (κ3) is 4.35. The van der Waals surface area contributed by atoms with Crippen molar-refractivity contribution < 1.29 is 13.2 Å². The molecule has 1 aliphatic rings. The Hall–Kier alpha value is -1.67. The van der Waals surface area contributed by atoms with E-state index in [0.29, 0.717) is 16.5 Å². The molecule has 1 aliphatic heterocycles. The molecule has 2 aromatic rings. The Kier molecular flexibility index (Phi) is 6.63. The minimum absolute atomic E-state index is 0. The molecule has 1 heterocycles. The van der Waals surface area contributed by atoms with Crippen LogP contribution in [0.1, 0.15) is 20.3 Å². The molecule has 1 fully saturated rings. The Labute approximate surface area is 160 Å². The van der Waals surface area contributed by atoms with E-state index in [9.17, 15) is 13.2 Å². The van der Waals surface area contributed by atoms with Gasteiger partial charge in [-0.2, -0.15) is 0 Å². The number of sulfonamides is 1. The molecule has 2 aromatic carbocycles. The molecule has 142 valence electrons. The summed E-state index contributed by atoms with van der Waals surface area (Å²) in [5.41, 5.74) is 0.609. The molecule has 1 saturated heterocycles. The van der Waals surface area contributed by atoms with Crippen molar-refractivity contribution in [1.82, 2.24) is 10.0 Å². The second-order valence-electron chi connectivity index (χ2n) is 6.54. The number of carbonyl (C=O) groups excluding carboxylic acids is 1. The largest absolute Gasteiger partial charge is 0.326 e. The number of benzene rings is 2. The van der Waals surface area contributed by atoms with Gasteiger partial charge < -0.3 is 10.6 Å². The van der Waals surface area contributed by atoms with Gasteiger partial charge in [-0.3, -0.25) is 4.79 Å². The van der Waals surface area contributed by atoms with Crippen LogP contribution in [0.4, 0.5) is 5.69 Å². The second-order valence-corrected chi connectivity index (χ2v) is 8.22. The van der Waals surface area contributed by atoms with Crippen LogP contribution in [0.5, 0.6) is 0 Å². The van der Waals surface area contributed by atoms with Gasteiger partial charge in [-0.15, -0.1) is 12.4 Å². The maximum absolute atomic E-state index is 13.0. The van der Waals surface area contributed by atoms with Crippen molar-refractivity contribution in [3.05, 3.63) is 36.4 Å². The van der Waals surface area contributed by atoms with Crippen molar-refractivity contribution in [2.45, 2.75) is 31.2 Å². The second kappa shape index (κ2) is 8.35. The number of anilines is 1. The lowest BCUT2D eigenvalue weighted by atomic mass is 9.97. The van der Waals surface area contributed by atoms with E-state index in [1.165, 1.54) is 6.92 Å². The normalized spacial score (nSPS) is 20.4. The van der Waals surface area contributed by atoms with E-state index < -0.39 is 10.0 Å². The minimum Gasteiger partial charge on any atom is -0.326 e. The third-order valence-corrected chi connectivity index (χ3v) is 6.12. The number of hydrogen-bond donors (Lipinski definition) is 3. The van der Waals surface area contributed by atoms with Crippen LogP contribution in [0.2, 0.25) is 0 Å². The van der Waals surface area contributed by atoms with Crippen LogP contribution in [-0.2, 0) is 14.8 Å². The summed E-state index contributed by atoms with van der Waals surface area (Å²) in [7, 11) is -3.66. The molecular formula is C18H24ClN3O3S. The molecule has 1 amide bonds. The lowest BCUT2D eigenvalue weighted by Gasteiger charge is -2.30. The smallest absolute Gasteiger partial charge is 0.241 e. The monoisotopic (exact) mass is 397 g/mol. The highest BCUT2D eigenvalue weighted by Crippen LogP contribution is 2.30. The summed E-state index contributed by atoms with van der Waals surface area (Å²) in [6.07, 6.45) is 0.766. The zero-order chi connectivity index (χ0) is 18.0. The van der Waals surface area contributed by atoms with Crippen molar-refractivity contribution in [2.75, 3.05) is 18.4 Å². The number of piperidine rings is 1. The number of rotatable bonds is 4. The van der Waals surface area contributed by atoms with E-state index in [0.717, 1.165) is 19.5 Å². The van der Waals surface area contributed by atoms with Gasteiger partial charge >= 0.3 is 0 Å². The van der Waals surface area contributed by atoms with Gasteiger partial charge in [-0.05, 0) is 37.6 Å². The Morgan fingerprint density at radius 2 is 1.85 bits per heavy atom. The van der Waals surface area contributed by atoms with E-state index >= 15 is 0 Å². The van der Waals surface area contributed by atoms with Crippen molar-refractivity contribution in [1.29, 1.82) is 0 Å². The number of fused-ring (bicyclic) bond motifs is 1. The van der Waals surface area contributed by atoms with Gasteiger partial charge in [0.1, 0.15) is 0 Å². The van der Waals surface area contributed by atoms with Crippen LogP contribution < -0.4 is 15.4 Å². The average Bonchev–Trinajstić information content (AvgIpc) is 2.56. The van der Waals surface area contributed by atoms with E-state index in [2.05, 4.69) is 15.4 Å². The molecule has 3 N–H and O–H groups in total. The molecule has 3 rings (SSSR count). The fourth-order valence-corrected chi connectivity index (χ4v) is 4.85. The quantitative estimate of drug-likeness (QED) is 0.739. The standard InChI is InChI=1S/C18H23N3O3S.ClH/c1-12-11-19-10-9-16(12)21-25(23,24)18-8-7-17(20-13(2)22)14-5-3-4-6-15(14)18;/h3-8,12,16,19,21H,9-11H2,1-2H3,(H,20,22);1H. The molecule has 0 spiro atoms. The van der Waals surface area contributed by atoms with Gasteiger partial charge in [0, 0.05) is 29.4 Å². The van der Waals surface area contributed by atoms with E-state index in [-0.39, 0.29) is 35.2 Å². The summed E-state index contributed by atoms with van der Waals surface area (Å²) in [5.74, 6) is 0.0378. The zero-order valence-corrected chi connectivity index (χ0v) is 16.4. The van der Waals surface area contributed by atoms with Gasteiger partial charge in [0.2, 0.25) is 15.9 Å². The number of amides is 1. The molecule has 0 aromatic heterocycles. The first-order chi connectivity index (χ1) is 11.9. The molecule has 26 heavy (non-hydrogen) atoms. The van der Waals surface area contributed by atoms with Gasteiger partial charge in [0.15, 0.2) is 0 Å². The maximum atomic E-state index is 13.0. The molecule has 8 heteroatoms. The summed E-state index contributed by atoms with van der Waals surface area (Å²) in [6, 6.07) is 10.3. The van der Waals surface area contributed by atoms with Gasteiger partial charge in [0.05, 0.1) is 4.90 Å². The fourth-order valence-electron chi connectivity index (χ4n) is 3.26. The number of carbonyl (C=O) groups is 1.